The molecule has 0 aliphatic rings. The second-order valence-corrected chi connectivity index (χ2v) is 6.66. The summed E-state index contributed by atoms with van der Waals surface area (Å²) in [5, 5.41) is 16.6. The lowest BCUT2D eigenvalue weighted by Gasteiger charge is -2.13. The number of halogens is 3. The first-order valence-electron chi connectivity index (χ1n) is 6.94. The largest absolute Gasteiger partial charge is 0.377 e. The SMILES string of the molecule is N#Cc1cccc(N(I)C(=O)n2nnn(-c3c(Cl)cccc3Cl)c2=O)c1. The number of nitriles is 1. The van der Waals surface area contributed by atoms with Gasteiger partial charge in [0.05, 0.1) is 50.2 Å². The van der Waals surface area contributed by atoms with Gasteiger partial charge >= 0.3 is 11.7 Å². The van der Waals surface area contributed by atoms with Gasteiger partial charge in [0.15, 0.2) is 0 Å². The third-order valence-corrected chi connectivity index (χ3v) is 4.86. The molecule has 0 unspecified atom stereocenters. The van der Waals surface area contributed by atoms with Gasteiger partial charge in [-0.1, -0.05) is 35.3 Å². The summed E-state index contributed by atoms with van der Waals surface area (Å²) in [5.74, 6) is 0. The number of tetrazole rings is 1. The Kier molecular flexibility index (Phi) is 5.26. The van der Waals surface area contributed by atoms with E-state index in [1.54, 1.807) is 47.1 Å². The summed E-state index contributed by atoms with van der Waals surface area (Å²) < 4.78 is 2.57. The van der Waals surface area contributed by atoms with E-state index in [1.807, 2.05) is 6.07 Å². The molecule has 2 aromatic carbocycles. The summed E-state index contributed by atoms with van der Waals surface area (Å²) in [5.41, 5.74) is 0.0807. The van der Waals surface area contributed by atoms with Gasteiger partial charge in [0.1, 0.15) is 5.69 Å². The van der Waals surface area contributed by atoms with E-state index in [0.717, 1.165) is 7.80 Å². The van der Waals surface area contributed by atoms with Crippen LogP contribution in [0.25, 0.3) is 5.69 Å². The van der Waals surface area contributed by atoms with E-state index in [9.17, 15) is 9.59 Å². The van der Waals surface area contributed by atoms with Crippen molar-refractivity contribution in [3.8, 4) is 11.8 Å². The molecule has 0 saturated carbocycles. The second-order valence-electron chi connectivity index (χ2n) is 4.88. The van der Waals surface area contributed by atoms with E-state index in [0.29, 0.717) is 15.9 Å². The number of carbonyl (C=O) groups excluding carboxylic acids is 1. The molecule has 26 heavy (non-hydrogen) atoms. The van der Waals surface area contributed by atoms with Gasteiger partial charge in [-0.15, -0.1) is 4.68 Å². The number of benzene rings is 2. The second kappa shape index (κ2) is 7.45. The molecule has 11 heteroatoms. The monoisotopic (exact) mass is 500 g/mol. The molecule has 8 nitrogen and oxygen atoms in total. The lowest BCUT2D eigenvalue weighted by atomic mass is 10.2. The smallest absolute Gasteiger partial charge is 0.245 e. The molecule has 0 bridgehead atoms. The Morgan fingerprint density at radius 3 is 2.46 bits per heavy atom. The quantitative estimate of drug-likeness (QED) is 0.305. The van der Waals surface area contributed by atoms with Crippen LogP contribution in [0.4, 0.5) is 10.5 Å². The molecule has 0 fully saturated rings. The van der Waals surface area contributed by atoms with Crippen LogP contribution in [0, 0.1) is 11.3 Å². The maximum Gasteiger partial charge on any atom is 0.377 e. The van der Waals surface area contributed by atoms with E-state index in [1.165, 1.54) is 18.2 Å². The number of amides is 1. The van der Waals surface area contributed by atoms with E-state index in [2.05, 4.69) is 10.4 Å². The minimum absolute atomic E-state index is 0.131. The normalized spacial score (nSPS) is 10.4. The Bertz CT molecular complexity index is 1080. The molecule has 130 valence electrons. The fraction of sp³-hybridized carbons (Fsp3) is 0. The van der Waals surface area contributed by atoms with Crippen LogP contribution in [0.1, 0.15) is 5.56 Å². The van der Waals surface area contributed by atoms with Crippen molar-refractivity contribution in [1.82, 2.24) is 19.8 Å². The topological polar surface area (TPSA) is 96.8 Å². The Balaban J connectivity index is 2.01. The number of rotatable bonds is 2. The molecule has 0 aliphatic heterocycles. The number of para-hydroxylation sites is 1. The lowest BCUT2D eigenvalue weighted by molar-refractivity contribution is 0.248. The molecule has 0 aliphatic carbocycles. The molecule has 1 amide bonds. The minimum atomic E-state index is -0.830. The molecule has 0 N–H and O–H groups in total. The van der Waals surface area contributed by atoms with Crippen LogP contribution in [0.15, 0.2) is 47.3 Å². The molecular formula is C15H7Cl2IN6O2. The maximum absolute atomic E-state index is 12.6. The molecule has 3 rings (SSSR count). The minimum Gasteiger partial charge on any atom is -0.245 e. The summed E-state index contributed by atoms with van der Waals surface area (Å²) in [7, 11) is 0. The van der Waals surface area contributed by atoms with Gasteiger partial charge in [-0.25, -0.2) is 12.7 Å². The number of hydrogen-bond donors (Lipinski definition) is 0. The molecule has 0 saturated heterocycles. The molecule has 0 atom stereocenters. The van der Waals surface area contributed by atoms with Gasteiger partial charge in [0.25, 0.3) is 0 Å². The standard InChI is InChI=1S/C15H7Cl2IN6O2/c16-11-5-2-6-12(17)13(11)23-15(26)24(21-20-23)14(25)22(18)10-4-1-3-9(7-10)8-19/h1-7H. The lowest BCUT2D eigenvalue weighted by Crippen LogP contribution is -2.36. The molecular weight excluding hydrogens is 494 g/mol. The highest BCUT2D eigenvalue weighted by molar-refractivity contribution is 14.1. The third kappa shape index (κ3) is 3.31. The van der Waals surface area contributed by atoms with Crippen molar-refractivity contribution >= 4 is 57.8 Å². The first kappa shape index (κ1) is 18.4. The Morgan fingerprint density at radius 1 is 1.15 bits per heavy atom. The number of anilines is 1. The average molecular weight is 501 g/mol. The van der Waals surface area contributed by atoms with Crippen molar-refractivity contribution in [3.63, 3.8) is 0 Å². The molecule has 1 heterocycles. The van der Waals surface area contributed by atoms with Gasteiger partial charge < -0.3 is 0 Å². The van der Waals surface area contributed by atoms with Crippen LogP contribution in [0.3, 0.4) is 0 Å². The van der Waals surface area contributed by atoms with Crippen molar-refractivity contribution in [2.24, 2.45) is 0 Å². The van der Waals surface area contributed by atoms with Crippen LogP contribution < -0.4 is 8.80 Å². The molecule has 0 radical (unpaired) electrons. The van der Waals surface area contributed by atoms with Crippen molar-refractivity contribution in [1.29, 1.82) is 5.26 Å². The van der Waals surface area contributed by atoms with Crippen LogP contribution in [0.5, 0.6) is 0 Å². The van der Waals surface area contributed by atoms with Crippen LogP contribution in [-0.4, -0.2) is 25.8 Å². The van der Waals surface area contributed by atoms with Crippen LogP contribution >= 0.6 is 46.1 Å². The zero-order valence-corrected chi connectivity index (χ0v) is 16.3. The van der Waals surface area contributed by atoms with Gasteiger partial charge in [-0.3, -0.25) is 0 Å². The van der Waals surface area contributed by atoms with E-state index in [-0.39, 0.29) is 15.7 Å². The summed E-state index contributed by atoms with van der Waals surface area (Å²) in [6.45, 7) is 0. The van der Waals surface area contributed by atoms with Crippen LogP contribution in [-0.2, 0) is 0 Å². The zero-order valence-electron chi connectivity index (χ0n) is 12.7. The molecule has 0 spiro atoms. The van der Waals surface area contributed by atoms with Crippen molar-refractivity contribution in [2.45, 2.75) is 0 Å². The van der Waals surface area contributed by atoms with Gasteiger partial charge in [0.2, 0.25) is 0 Å². The maximum atomic E-state index is 12.6. The zero-order chi connectivity index (χ0) is 18.8. The van der Waals surface area contributed by atoms with Crippen molar-refractivity contribution < 1.29 is 4.79 Å². The highest BCUT2D eigenvalue weighted by Gasteiger charge is 2.23. The summed E-state index contributed by atoms with van der Waals surface area (Å²) in [6.07, 6.45) is 0. The van der Waals surface area contributed by atoms with Crippen molar-refractivity contribution in [2.75, 3.05) is 3.11 Å². The number of nitrogens with zero attached hydrogens (tertiary/aromatic N) is 6. The fourth-order valence-electron chi connectivity index (χ4n) is 2.09. The van der Waals surface area contributed by atoms with E-state index >= 15 is 0 Å². The van der Waals surface area contributed by atoms with Gasteiger partial charge in [-0.2, -0.15) is 9.94 Å². The number of carbonyl (C=O) groups is 1. The summed E-state index contributed by atoms with van der Waals surface area (Å²) in [6, 6.07) is 12.2. The summed E-state index contributed by atoms with van der Waals surface area (Å²) >= 11 is 13.8. The number of hydrogen-bond acceptors (Lipinski definition) is 5. The number of aromatic nitrogens is 4. The van der Waals surface area contributed by atoms with Gasteiger partial charge in [-0.05, 0) is 40.8 Å². The predicted molar refractivity (Wildman–Crippen MR) is 104 cm³/mol. The fourth-order valence-corrected chi connectivity index (χ4v) is 3.15. The molecule has 3 aromatic rings. The first-order valence-corrected chi connectivity index (χ1v) is 8.66. The first-order chi connectivity index (χ1) is 12.4. The highest BCUT2D eigenvalue weighted by Crippen LogP contribution is 2.26. The highest BCUT2D eigenvalue weighted by atomic mass is 127. The van der Waals surface area contributed by atoms with Crippen molar-refractivity contribution in [3.05, 3.63) is 68.6 Å². The average Bonchev–Trinajstić information content (AvgIpc) is 3.01. The Morgan fingerprint density at radius 2 is 1.81 bits per heavy atom. The van der Waals surface area contributed by atoms with E-state index < -0.39 is 11.7 Å². The predicted octanol–water partition coefficient (Wildman–Crippen LogP) is 3.43. The Labute approximate surface area is 170 Å². The van der Waals surface area contributed by atoms with Gasteiger partial charge in [0, 0.05) is 0 Å². The molecule has 1 aromatic heterocycles. The Hall–Kier alpha value is -2.42. The summed E-state index contributed by atoms with van der Waals surface area (Å²) in [4.78, 5) is 25.2. The van der Waals surface area contributed by atoms with Crippen LogP contribution in [0.2, 0.25) is 10.0 Å². The third-order valence-electron chi connectivity index (χ3n) is 3.28. The van der Waals surface area contributed by atoms with E-state index in [4.69, 9.17) is 28.5 Å².